The van der Waals surface area contributed by atoms with Crippen molar-refractivity contribution in [1.82, 2.24) is 29.9 Å². The van der Waals surface area contributed by atoms with E-state index in [-0.39, 0.29) is 0 Å². The van der Waals surface area contributed by atoms with Gasteiger partial charge in [0, 0.05) is 33.4 Å². The molecule has 0 fully saturated rings. The summed E-state index contributed by atoms with van der Waals surface area (Å²) < 4.78 is 0. The standard InChI is InChI=1S/C42H28N6/c1-6-16-29(17-7-1)36-28-34(41-45-37(30-18-8-2-9-19-30)43-38(46-41)31-20-10-3-11-21-31)26-27-35(36)42-47-39(32-22-12-4-13-23-32)44-40(48-42)33-24-14-5-15-25-33/h1-28H. The molecule has 6 nitrogen and oxygen atoms in total. The van der Waals surface area contributed by atoms with Gasteiger partial charge in [0.25, 0.3) is 0 Å². The highest BCUT2D eigenvalue weighted by atomic mass is 15.0. The van der Waals surface area contributed by atoms with Gasteiger partial charge < -0.3 is 0 Å². The largest absolute Gasteiger partial charge is 0.208 e. The lowest BCUT2D eigenvalue weighted by Gasteiger charge is -2.14. The molecule has 0 aliphatic heterocycles. The molecule has 0 aliphatic carbocycles. The Morgan fingerprint density at radius 3 is 0.854 bits per heavy atom. The van der Waals surface area contributed by atoms with Crippen LogP contribution < -0.4 is 0 Å². The normalized spacial score (nSPS) is 10.9. The van der Waals surface area contributed by atoms with Crippen molar-refractivity contribution < 1.29 is 0 Å². The lowest BCUT2D eigenvalue weighted by molar-refractivity contribution is 1.07. The first-order chi connectivity index (χ1) is 23.8. The van der Waals surface area contributed by atoms with Crippen molar-refractivity contribution in [1.29, 1.82) is 0 Å². The van der Waals surface area contributed by atoms with Crippen LogP contribution in [-0.2, 0) is 0 Å². The van der Waals surface area contributed by atoms with Crippen molar-refractivity contribution >= 4 is 0 Å². The average molecular weight is 617 g/mol. The number of aromatic nitrogens is 6. The summed E-state index contributed by atoms with van der Waals surface area (Å²) in [6.45, 7) is 0. The van der Waals surface area contributed by atoms with Crippen molar-refractivity contribution in [3.63, 3.8) is 0 Å². The summed E-state index contributed by atoms with van der Waals surface area (Å²) in [6, 6.07) is 56.5. The fraction of sp³-hybridized carbons (Fsp3) is 0. The fourth-order valence-electron chi connectivity index (χ4n) is 5.60. The zero-order valence-corrected chi connectivity index (χ0v) is 25.8. The third kappa shape index (κ3) is 5.98. The smallest absolute Gasteiger partial charge is 0.164 e. The first-order valence-corrected chi connectivity index (χ1v) is 15.7. The molecule has 6 heteroatoms. The third-order valence-corrected chi connectivity index (χ3v) is 8.00. The monoisotopic (exact) mass is 616 g/mol. The lowest BCUT2D eigenvalue weighted by atomic mass is 9.96. The van der Waals surface area contributed by atoms with E-state index in [1.807, 2.05) is 146 Å². The van der Waals surface area contributed by atoms with Gasteiger partial charge in [-0.05, 0) is 23.3 Å². The molecule has 226 valence electrons. The van der Waals surface area contributed by atoms with Gasteiger partial charge in [0.15, 0.2) is 34.9 Å². The summed E-state index contributed by atoms with van der Waals surface area (Å²) in [4.78, 5) is 29.8. The highest BCUT2D eigenvalue weighted by Gasteiger charge is 2.18. The van der Waals surface area contributed by atoms with Crippen LogP contribution in [0.5, 0.6) is 0 Å². The summed E-state index contributed by atoms with van der Waals surface area (Å²) in [5, 5.41) is 0. The highest BCUT2D eigenvalue weighted by molar-refractivity contribution is 5.85. The van der Waals surface area contributed by atoms with Crippen LogP contribution in [0.4, 0.5) is 0 Å². The molecule has 0 radical (unpaired) electrons. The van der Waals surface area contributed by atoms with E-state index in [4.69, 9.17) is 29.9 Å². The molecule has 2 heterocycles. The second-order valence-electron chi connectivity index (χ2n) is 11.2. The molecule has 48 heavy (non-hydrogen) atoms. The Morgan fingerprint density at radius 1 is 0.208 bits per heavy atom. The van der Waals surface area contributed by atoms with E-state index in [1.165, 1.54) is 0 Å². The Kier molecular flexibility index (Phi) is 7.79. The highest BCUT2D eigenvalue weighted by Crippen LogP contribution is 2.36. The second-order valence-corrected chi connectivity index (χ2v) is 11.2. The van der Waals surface area contributed by atoms with Crippen LogP contribution in [-0.4, -0.2) is 29.9 Å². The summed E-state index contributed by atoms with van der Waals surface area (Å²) in [6.07, 6.45) is 0. The number of hydrogen-bond donors (Lipinski definition) is 0. The van der Waals surface area contributed by atoms with Crippen molar-refractivity contribution in [2.75, 3.05) is 0 Å². The van der Waals surface area contributed by atoms with E-state index >= 15 is 0 Å². The number of rotatable bonds is 7. The van der Waals surface area contributed by atoms with Crippen LogP contribution in [0.25, 0.3) is 79.5 Å². The molecular formula is C42H28N6. The van der Waals surface area contributed by atoms with Gasteiger partial charge in [0.1, 0.15) is 0 Å². The Morgan fingerprint density at radius 2 is 0.500 bits per heavy atom. The van der Waals surface area contributed by atoms with Gasteiger partial charge in [-0.2, -0.15) is 0 Å². The van der Waals surface area contributed by atoms with E-state index < -0.39 is 0 Å². The van der Waals surface area contributed by atoms with Crippen LogP contribution >= 0.6 is 0 Å². The first kappa shape index (κ1) is 28.8. The molecule has 0 amide bonds. The molecule has 0 spiro atoms. The minimum atomic E-state index is 0.581. The molecule has 0 saturated carbocycles. The van der Waals surface area contributed by atoms with Crippen LogP contribution in [0.1, 0.15) is 0 Å². The first-order valence-electron chi connectivity index (χ1n) is 15.7. The molecule has 8 rings (SSSR count). The Bertz CT molecular complexity index is 2200. The van der Waals surface area contributed by atoms with E-state index in [0.29, 0.717) is 34.9 Å². The predicted octanol–water partition coefficient (Wildman–Crippen LogP) is 9.73. The van der Waals surface area contributed by atoms with E-state index in [1.54, 1.807) is 0 Å². The average Bonchev–Trinajstić information content (AvgIpc) is 3.19. The summed E-state index contributed by atoms with van der Waals surface area (Å²) in [7, 11) is 0. The SMILES string of the molecule is c1ccc(-c2nc(-c3ccccc3)nc(-c3ccc(-c4nc(-c5ccccc5)nc(-c5ccccc5)n4)c(-c4ccccc4)c3)n2)cc1. The van der Waals surface area contributed by atoms with Crippen molar-refractivity contribution in [2.45, 2.75) is 0 Å². The topological polar surface area (TPSA) is 77.3 Å². The second kappa shape index (κ2) is 13.0. The van der Waals surface area contributed by atoms with E-state index in [9.17, 15) is 0 Å². The number of hydrogen-bond acceptors (Lipinski definition) is 6. The molecule has 6 aromatic carbocycles. The van der Waals surface area contributed by atoms with Crippen LogP contribution in [0.2, 0.25) is 0 Å². The van der Waals surface area contributed by atoms with Gasteiger partial charge in [-0.25, -0.2) is 29.9 Å². The van der Waals surface area contributed by atoms with Crippen LogP contribution in [0.3, 0.4) is 0 Å². The summed E-state index contributed by atoms with van der Waals surface area (Å²) >= 11 is 0. The molecule has 0 N–H and O–H groups in total. The van der Waals surface area contributed by atoms with E-state index in [0.717, 1.165) is 44.5 Å². The van der Waals surface area contributed by atoms with Crippen LogP contribution in [0.15, 0.2) is 170 Å². The van der Waals surface area contributed by atoms with Crippen molar-refractivity contribution in [3.05, 3.63) is 170 Å². The van der Waals surface area contributed by atoms with Gasteiger partial charge in [-0.1, -0.05) is 158 Å². The van der Waals surface area contributed by atoms with Crippen molar-refractivity contribution in [2.24, 2.45) is 0 Å². The molecule has 0 saturated heterocycles. The molecule has 0 unspecified atom stereocenters. The number of nitrogens with zero attached hydrogens (tertiary/aromatic N) is 6. The molecule has 8 aromatic rings. The lowest BCUT2D eigenvalue weighted by Crippen LogP contribution is -2.02. The number of benzene rings is 6. The summed E-state index contributed by atoms with van der Waals surface area (Å²) in [5.74, 6) is 3.61. The maximum Gasteiger partial charge on any atom is 0.164 e. The minimum Gasteiger partial charge on any atom is -0.208 e. The van der Waals surface area contributed by atoms with Gasteiger partial charge >= 0.3 is 0 Å². The maximum atomic E-state index is 5.03. The summed E-state index contributed by atoms with van der Waals surface area (Å²) in [5.41, 5.74) is 7.40. The molecule has 0 aliphatic rings. The Labute approximate surface area is 278 Å². The Balaban J connectivity index is 1.33. The molecule has 2 aromatic heterocycles. The molecular weight excluding hydrogens is 589 g/mol. The zero-order chi connectivity index (χ0) is 32.1. The van der Waals surface area contributed by atoms with E-state index in [2.05, 4.69) is 24.3 Å². The van der Waals surface area contributed by atoms with Crippen LogP contribution in [0, 0.1) is 0 Å². The fourth-order valence-corrected chi connectivity index (χ4v) is 5.60. The third-order valence-electron chi connectivity index (χ3n) is 8.00. The zero-order valence-electron chi connectivity index (χ0n) is 25.8. The van der Waals surface area contributed by atoms with Gasteiger partial charge in [-0.3, -0.25) is 0 Å². The molecule has 0 atom stereocenters. The maximum absolute atomic E-state index is 5.03. The van der Waals surface area contributed by atoms with Crippen molar-refractivity contribution in [3.8, 4) is 79.5 Å². The molecule has 0 bridgehead atoms. The predicted molar refractivity (Wildman–Crippen MR) is 191 cm³/mol. The van der Waals surface area contributed by atoms with Gasteiger partial charge in [0.05, 0.1) is 0 Å². The quantitative estimate of drug-likeness (QED) is 0.177. The van der Waals surface area contributed by atoms with Gasteiger partial charge in [-0.15, -0.1) is 0 Å². The minimum absolute atomic E-state index is 0.581. The Hall–Kier alpha value is -6.66. The van der Waals surface area contributed by atoms with Gasteiger partial charge in [0.2, 0.25) is 0 Å².